The van der Waals surface area contributed by atoms with Crippen LogP contribution in [0.25, 0.3) is 10.2 Å². The second kappa shape index (κ2) is 4.43. The third-order valence-corrected chi connectivity index (χ3v) is 3.24. The van der Waals surface area contributed by atoms with Crippen LogP contribution in [0.1, 0.15) is 5.56 Å². The number of thiophene rings is 1. The number of rotatable bonds is 2. The molecule has 0 aliphatic heterocycles. The Morgan fingerprint density at radius 2 is 1.94 bits per heavy atom. The number of nitriles is 1. The molecule has 0 N–H and O–H groups in total. The van der Waals surface area contributed by atoms with Crippen LogP contribution >= 0.6 is 11.3 Å². The predicted octanol–water partition coefficient (Wildman–Crippen LogP) is 3.36. The molecular formula is C13H7N3OS. The Balaban J connectivity index is 1.96. The van der Waals surface area contributed by atoms with Crippen molar-refractivity contribution < 1.29 is 4.74 Å². The Kier molecular flexibility index (Phi) is 2.63. The van der Waals surface area contributed by atoms with Gasteiger partial charge in [-0.25, -0.2) is 9.97 Å². The van der Waals surface area contributed by atoms with Crippen molar-refractivity contribution >= 4 is 21.6 Å². The third-order valence-electron chi connectivity index (χ3n) is 2.42. The summed E-state index contributed by atoms with van der Waals surface area (Å²) in [5.74, 6) is 1.19. The van der Waals surface area contributed by atoms with Gasteiger partial charge in [0.15, 0.2) is 0 Å². The number of hydrogen-bond acceptors (Lipinski definition) is 5. The maximum Gasteiger partial charge on any atom is 0.231 e. The highest BCUT2D eigenvalue weighted by Crippen LogP contribution is 2.29. The molecule has 3 aromatic rings. The van der Waals surface area contributed by atoms with Crippen LogP contribution in [0.4, 0.5) is 0 Å². The maximum absolute atomic E-state index is 8.72. The van der Waals surface area contributed by atoms with Gasteiger partial charge < -0.3 is 4.74 Å². The topological polar surface area (TPSA) is 58.8 Å². The minimum Gasteiger partial charge on any atom is -0.438 e. The Morgan fingerprint density at radius 1 is 1.11 bits per heavy atom. The second-order valence-electron chi connectivity index (χ2n) is 3.56. The predicted molar refractivity (Wildman–Crippen MR) is 68.6 cm³/mol. The van der Waals surface area contributed by atoms with E-state index >= 15 is 0 Å². The van der Waals surface area contributed by atoms with Crippen LogP contribution in [0, 0.1) is 11.3 Å². The number of aromatic nitrogens is 2. The van der Waals surface area contributed by atoms with E-state index in [-0.39, 0.29) is 0 Å². The fraction of sp³-hybridized carbons (Fsp3) is 0. The fourth-order valence-corrected chi connectivity index (χ4v) is 2.28. The highest BCUT2D eigenvalue weighted by molar-refractivity contribution is 7.16. The van der Waals surface area contributed by atoms with Crippen molar-refractivity contribution in [3.63, 3.8) is 0 Å². The summed E-state index contributed by atoms with van der Waals surface area (Å²) in [6, 6.07) is 10.9. The molecule has 0 saturated carbocycles. The molecule has 0 atom stereocenters. The molecule has 0 radical (unpaired) electrons. The Labute approximate surface area is 107 Å². The number of fused-ring (bicyclic) bond motifs is 1. The molecule has 0 aliphatic rings. The third kappa shape index (κ3) is 1.90. The first-order valence-corrected chi connectivity index (χ1v) is 6.11. The van der Waals surface area contributed by atoms with E-state index in [9.17, 15) is 0 Å². The van der Waals surface area contributed by atoms with Gasteiger partial charge in [-0.1, -0.05) is 0 Å². The van der Waals surface area contributed by atoms with Gasteiger partial charge in [-0.3, -0.25) is 0 Å². The van der Waals surface area contributed by atoms with Gasteiger partial charge in [0.25, 0.3) is 0 Å². The van der Waals surface area contributed by atoms with Gasteiger partial charge in [-0.05, 0) is 35.7 Å². The van der Waals surface area contributed by atoms with Crippen molar-refractivity contribution in [2.75, 3.05) is 0 Å². The summed E-state index contributed by atoms with van der Waals surface area (Å²) in [4.78, 5) is 9.18. The van der Waals surface area contributed by atoms with Crippen LogP contribution < -0.4 is 4.74 Å². The molecule has 0 unspecified atom stereocenters. The maximum atomic E-state index is 8.72. The lowest BCUT2D eigenvalue weighted by Crippen LogP contribution is -1.89. The lowest BCUT2D eigenvalue weighted by Gasteiger charge is -2.04. The average Bonchev–Trinajstić information content (AvgIpc) is 2.89. The standard InChI is InChI=1S/C13H7N3OS/c14-7-9-1-3-10(4-2-9)17-12-11-5-6-18-13(11)16-8-15-12/h1-6,8H. The van der Waals surface area contributed by atoms with Crippen molar-refractivity contribution in [2.24, 2.45) is 0 Å². The Bertz CT molecular complexity index is 728. The van der Waals surface area contributed by atoms with Crippen molar-refractivity contribution in [1.82, 2.24) is 9.97 Å². The SMILES string of the molecule is N#Cc1ccc(Oc2ncnc3sccc23)cc1. The molecule has 0 bridgehead atoms. The average molecular weight is 253 g/mol. The van der Waals surface area contributed by atoms with Crippen molar-refractivity contribution in [2.45, 2.75) is 0 Å². The molecule has 2 heterocycles. The molecule has 3 rings (SSSR count). The molecule has 18 heavy (non-hydrogen) atoms. The molecule has 0 saturated heterocycles. The van der Waals surface area contributed by atoms with E-state index in [4.69, 9.17) is 10.00 Å². The van der Waals surface area contributed by atoms with E-state index in [0.29, 0.717) is 17.2 Å². The van der Waals surface area contributed by atoms with Gasteiger partial charge in [0.2, 0.25) is 5.88 Å². The number of ether oxygens (including phenoxy) is 1. The summed E-state index contributed by atoms with van der Waals surface area (Å²) >= 11 is 1.54. The zero-order chi connectivity index (χ0) is 12.4. The minimum absolute atomic E-state index is 0.533. The molecule has 0 spiro atoms. The van der Waals surface area contributed by atoms with Crippen molar-refractivity contribution in [3.05, 3.63) is 47.6 Å². The monoisotopic (exact) mass is 253 g/mol. The smallest absolute Gasteiger partial charge is 0.231 e. The van der Waals surface area contributed by atoms with Crippen molar-refractivity contribution in [3.8, 4) is 17.7 Å². The zero-order valence-corrected chi connectivity index (χ0v) is 10.0. The van der Waals surface area contributed by atoms with Crippen LogP contribution in [0.5, 0.6) is 11.6 Å². The summed E-state index contributed by atoms with van der Waals surface area (Å²) < 4.78 is 5.70. The van der Waals surface area contributed by atoms with Crippen LogP contribution in [-0.4, -0.2) is 9.97 Å². The van der Waals surface area contributed by atoms with E-state index in [1.807, 2.05) is 11.4 Å². The van der Waals surface area contributed by atoms with Gasteiger partial charge in [0, 0.05) is 0 Å². The number of hydrogen-bond donors (Lipinski definition) is 0. The number of nitrogens with zero attached hydrogens (tertiary/aromatic N) is 3. The molecule has 0 amide bonds. The second-order valence-corrected chi connectivity index (χ2v) is 4.45. The Hall–Kier alpha value is -2.45. The summed E-state index contributed by atoms with van der Waals surface area (Å²) in [6.07, 6.45) is 1.48. The fourth-order valence-electron chi connectivity index (χ4n) is 1.56. The molecule has 0 aliphatic carbocycles. The highest BCUT2D eigenvalue weighted by Gasteiger charge is 2.06. The first-order valence-electron chi connectivity index (χ1n) is 5.23. The molecular weight excluding hydrogens is 246 g/mol. The highest BCUT2D eigenvalue weighted by atomic mass is 32.1. The molecule has 5 heteroatoms. The van der Waals surface area contributed by atoms with Gasteiger partial charge in [0.05, 0.1) is 17.0 Å². The van der Waals surface area contributed by atoms with Gasteiger partial charge in [0.1, 0.15) is 16.9 Å². The first-order chi connectivity index (χ1) is 8.86. The zero-order valence-electron chi connectivity index (χ0n) is 9.20. The minimum atomic E-state index is 0.533. The largest absolute Gasteiger partial charge is 0.438 e. The van der Waals surface area contributed by atoms with E-state index in [0.717, 1.165) is 10.2 Å². The molecule has 1 aromatic carbocycles. The Morgan fingerprint density at radius 3 is 2.72 bits per heavy atom. The van der Waals surface area contributed by atoms with Gasteiger partial charge in [-0.2, -0.15) is 5.26 Å². The quantitative estimate of drug-likeness (QED) is 0.702. The van der Waals surface area contributed by atoms with E-state index in [1.165, 1.54) is 6.33 Å². The van der Waals surface area contributed by atoms with Gasteiger partial charge in [-0.15, -0.1) is 11.3 Å². The molecule has 86 valence electrons. The molecule has 4 nitrogen and oxygen atoms in total. The summed E-state index contributed by atoms with van der Waals surface area (Å²) in [6.45, 7) is 0. The summed E-state index contributed by atoms with van der Waals surface area (Å²) in [5, 5.41) is 11.6. The van der Waals surface area contributed by atoms with E-state index in [1.54, 1.807) is 35.6 Å². The van der Waals surface area contributed by atoms with Crippen LogP contribution in [0.15, 0.2) is 42.0 Å². The van der Waals surface area contributed by atoms with Crippen molar-refractivity contribution in [1.29, 1.82) is 5.26 Å². The summed E-state index contributed by atoms with van der Waals surface area (Å²) in [7, 11) is 0. The van der Waals surface area contributed by atoms with Crippen LogP contribution in [0.3, 0.4) is 0 Å². The lowest BCUT2D eigenvalue weighted by atomic mass is 10.2. The van der Waals surface area contributed by atoms with E-state index in [2.05, 4.69) is 16.0 Å². The van der Waals surface area contributed by atoms with E-state index < -0.39 is 0 Å². The molecule has 0 fully saturated rings. The van der Waals surface area contributed by atoms with Crippen LogP contribution in [0.2, 0.25) is 0 Å². The van der Waals surface area contributed by atoms with Crippen LogP contribution in [-0.2, 0) is 0 Å². The number of benzene rings is 1. The first kappa shape index (κ1) is 10.7. The summed E-state index contributed by atoms with van der Waals surface area (Å²) in [5.41, 5.74) is 0.603. The van der Waals surface area contributed by atoms with Gasteiger partial charge >= 0.3 is 0 Å². The molecule has 2 aromatic heterocycles. The normalized spacial score (nSPS) is 10.2. The lowest BCUT2D eigenvalue weighted by molar-refractivity contribution is 0.468.